The lowest BCUT2D eigenvalue weighted by atomic mass is 9.99. The van der Waals surface area contributed by atoms with Crippen molar-refractivity contribution in [2.75, 3.05) is 13.1 Å². The van der Waals surface area contributed by atoms with Crippen LogP contribution in [0.3, 0.4) is 0 Å². The predicted octanol–water partition coefficient (Wildman–Crippen LogP) is 3.54. The summed E-state index contributed by atoms with van der Waals surface area (Å²) in [7, 11) is -3.64. The van der Waals surface area contributed by atoms with E-state index in [1.165, 1.54) is 30.5 Å². The van der Waals surface area contributed by atoms with Gasteiger partial charge in [0.1, 0.15) is 5.82 Å². The molecule has 2 aromatic carbocycles. The number of nitrogens with one attached hydrogen (secondary N) is 1. The molecule has 0 amide bonds. The zero-order valence-corrected chi connectivity index (χ0v) is 15.8. The molecule has 2 aromatic rings. The van der Waals surface area contributed by atoms with E-state index >= 15 is 0 Å². The quantitative estimate of drug-likeness (QED) is 0.839. The van der Waals surface area contributed by atoms with Gasteiger partial charge in [-0.1, -0.05) is 31.2 Å². The predicted molar refractivity (Wildman–Crippen MR) is 101 cm³/mol. The first-order chi connectivity index (χ1) is 12.4. The topological polar surface area (TPSA) is 49.4 Å². The highest BCUT2D eigenvalue weighted by molar-refractivity contribution is 7.89. The zero-order valence-electron chi connectivity index (χ0n) is 15.0. The van der Waals surface area contributed by atoms with Crippen LogP contribution in [0.25, 0.3) is 0 Å². The molecule has 26 heavy (non-hydrogen) atoms. The lowest BCUT2D eigenvalue weighted by Gasteiger charge is -2.30. The second-order valence-corrected chi connectivity index (χ2v) is 8.82. The van der Waals surface area contributed by atoms with E-state index in [-0.39, 0.29) is 11.4 Å². The van der Waals surface area contributed by atoms with Crippen LogP contribution >= 0.6 is 0 Å². The lowest BCUT2D eigenvalue weighted by Crippen LogP contribution is -2.32. The summed E-state index contributed by atoms with van der Waals surface area (Å²) in [4.78, 5) is 2.53. The Bertz CT molecular complexity index is 812. The van der Waals surface area contributed by atoms with Gasteiger partial charge in [-0.3, -0.25) is 4.90 Å². The van der Waals surface area contributed by atoms with Crippen molar-refractivity contribution in [3.8, 4) is 0 Å². The molecule has 140 valence electrons. The van der Waals surface area contributed by atoms with Gasteiger partial charge in [-0.15, -0.1) is 0 Å². The Morgan fingerprint density at radius 1 is 1.00 bits per heavy atom. The number of benzene rings is 2. The van der Waals surface area contributed by atoms with Crippen LogP contribution in [0.5, 0.6) is 0 Å². The summed E-state index contributed by atoms with van der Waals surface area (Å²) in [6, 6.07) is 12.8. The van der Waals surface area contributed by atoms with Crippen molar-refractivity contribution < 1.29 is 12.8 Å². The molecule has 1 heterocycles. The highest BCUT2D eigenvalue weighted by Gasteiger charge is 2.16. The average molecular weight is 376 g/mol. The Labute approximate surface area is 155 Å². The number of hydrogen-bond acceptors (Lipinski definition) is 3. The minimum Gasteiger partial charge on any atom is -0.299 e. The molecule has 6 heteroatoms. The van der Waals surface area contributed by atoms with Crippen LogP contribution in [0.15, 0.2) is 53.4 Å². The highest BCUT2D eigenvalue weighted by atomic mass is 32.2. The summed E-state index contributed by atoms with van der Waals surface area (Å²) >= 11 is 0. The Morgan fingerprint density at radius 3 is 2.19 bits per heavy atom. The standard InChI is InChI=1S/C20H25FN2O2S/c1-16-10-12-23(13-11-16)15-18-4-2-17(3-5-18)14-22-26(24,25)20-8-6-19(21)7-9-20/h2-9,16,22H,10-15H2,1H3. The summed E-state index contributed by atoms with van der Waals surface area (Å²) in [5, 5.41) is 0. The van der Waals surface area contributed by atoms with Crippen LogP contribution in [-0.4, -0.2) is 26.4 Å². The van der Waals surface area contributed by atoms with Crippen LogP contribution in [0.2, 0.25) is 0 Å². The van der Waals surface area contributed by atoms with Crippen LogP contribution in [-0.2, 0) is 23.1 Å². The number of sulfonamides is 1. The fourth-order valence-electron chi connectivity index (χ4n) is 3.12. The van der Waals surface area contributed by atoms with E-state index in [2.05, 4.69) is 28.7 Å². The third-order valence-electron chi connectivity index (χ3n) is 4.90. The van der Waals surface area contributed by atoms with Crippen molar-refractivity contribution >= 4 is 10.0 Å². The maximum Gasteiger partial charge on any atom is 0.240 e. The molecule has 0 unspecified atom stereocenters. The average Bonchev–Trinajstić information content (AvgIpc) is 2.63. The van der Waals surface area contributed by atoms with Gasteiger partial charge in [-0.2, -0.15) is 0 Å². The van der Waals surface area contributed by atoms with Crippen molar-refractivity contribution in [3.05, 3.63) is 65.5 Å². The molecule has 0 radical (unpaired) electrons. The molecular formula is C20H25FN2O2S. The molecule has 1 N–H and O–H groups in total. The molecule has 0 spiro atoms. The Hall–Kier alpha value is -1.76. The molecule has 1 saturated heterocycles. The number of hydrogen-bond donors (Lipinski definition) is 1. The Balaban J connectivity index is 1.55. The first kappa shape index (κ1) is 19.0. The number of likely N-dealkylation sites (tertiary alicyclic amines) is 1. The van der Waals surface area contributed by atoms with Gasteiger partial charge in [0, 0.05) is 13.1 Å². The number of halogens is 1. The minimum atomic E-state index is -3.64. The third kappa shape index (κ3) is 5.13. The summed E-state index contributed by atoms with van der Waals surface area (Å²) in [5.74, 6) is 0.366. The SMILES string of the molecule is CC1CCN(Cc2ccc(CNS(=O)(=O)c3ccc(F)cc3)cc2)CC1. The molecule has 1 fully saturated rings. The van der Waals surface area contributed by atoms with Crippen molar-refractivity contribution in [1.29, 1.82) is 0 Å². The zero-order chi connectivity index (χ0) is 18.6. The highest BCUT2D eigenvalue weighted by Crippen LogP contribution is 2.18. The first-order valence-corrected chi connectivity index (χ1v) is 10.5. The molecular weight excluding hydrogens is 351 g/mol. The molecule has 0 atom stereocenters. The van der Waals surface area contributed by atoms with Crippen LogP contribution in [0, 0.1) is 11.7 Å². The van der Waals surface area contributed by atoms with E-state index in [4.69, 9.17) is 0 Å². The second kappa shape index (κ2) is 8.29. The van der Waals surface area contributed by atoms with Crippen LogP contribution < -0.4 is 4.72 Å². The number of piperidine rings is 1. The number of rotatable bonds is 6. The van der Waals surface area contributed by atoms with E-state index in [0.717, 1.165) is 43.2 Å². The smallest absolute Gasteiger partial charge is 0.240 e. The second-order valence-electron chi connectivity index (χ2n) is 7.05. The molecule has 0 aliphatic carbocycles. The van der Waals surface area contributed by atoms with Crippen molar-refractivity contribution in [3.63, 3.8) is 0 Å². The minimum absolute atomic E-state index is 0.0647. The van der Waals surface area contributed by atoms with E-state index < -0.39 is 15.8 Å². The molecule has 0 aromatic heterocycles. The van der Waals surface area contributed by atoms with Crippen LogP contribution in [0.1, 0.15) is 30.9 Å². The third-order valence-corrected chi connectivity index (χ3v) is 6.31. The van der Waals surface area contributed by atoms with Crippen molar-refractivity contribution in [2.45, 2.75) is 37.8 Å². The van der Waals surface area contributed by atoms with Gasteiger partial charge >= 0.3 is 0 Å². The largest absolute Gasteiger partial charge is 0.299 e. The molecule has 4 nitrogen and oxygen atoms in total. The Morgan fingerprint density at radius 2 is 1.58 bits per heavy atom. The van der Waals surface area contributed by atoms with Gasteiger partial charge in [0.15, 0.2) is 0 Å². The summed E-state index contributed by atoms with van der Waals surface area (Å²) < 4.78 is 40.0. The van der Waals surface area contributed by atoms with Gasteiger partial charge in [-0.05, 0) is 67.2 Å². The van der Waals surface area contributed by atoms with Crippen LogP contribution in [0.4, 0.5) is 4.39 Å². The van der Waals surface area contributed by atoms with Crippen molar-refractivity contribution in [2.24, 2.45) is 5.92 Å². The van der Waals surface area contributed by atoms with E-state index in [1.54, 1.807) is 0 Å². The molecule has 3 rings (SSSR count). The van der Waals surface area contributed by atoms with Gasteiger partial charge in [0.05, 0.1) is 4.90 Å². The molecule has 0 saturated carbocycles. The monoisotopic (exact) mass is 376 g/mol. The van der Waals surface area contributed by atoms with E-state index in [9.17, 15) is 12.8 Å². The first-order valence-electron chi connectivity index (χ1n) is 8.98. The maximum atomic E-state index is 12.9. The summed E-state index contributed by atoms with van der Waals surface area (Å²) in [6.07, 6.45) is 2.51. The molecule has 1 aliphatic rings. The van der Waals surface area contributed by atoms with E-state index in [1.807, 2.05) is 12.1 Å². The Kier molecular flexibility index (Phi) is 6.06. The van der Waals surface area contributed by atoms with Gasteiger partial charge in [0.25, 0.3) is 0 Å². The summed E-state index contributed by atoms with van der Waals surface area (Å²) in [5.41, 5.74) is 2.14. The molecule has 0 bridgehead atoms. The normalized spacial score (nSPS) is 16.7. The maximum absolute atomic E-state index is 12.9. The summed E-state index contributed by atoms with van der Waals surface area (Å²) in [6.45, 7) is 5.73. The van der Waals surface area contributed by atoms with E-state index in [0.29, 0.717) is 0 Å². The lowest BCUT2D eigenvalue weighted by molar-refractivity contribution is 0.185. The molecule has 1 aliphatic heterocycles. The number of nitrogens with zero attached hydrogens (tertiary/aromatic N) is 1. The van der Waals surface area contributed by atoms with Gasteiger partial charge < -0.3 is 0 Å². The van der Waals surface area contributed by atoms with Crippen molar-refractivity contribution in [1.82, 2.24) is 9.62 Å². The fourth-order valence-corrected chi connectivity index (χ4v) is 4.13. The fraction of sp³-hybridized carbons (Fsp3) is 0.400. The van der Waals surface area contributed by atoms with Gasteiger partial charge in [0.2, 0.25) is 10.0 Å². The van der Waals surface area contributed by atoms with Gasteiger partial charge in [-0.25, -0.2) is 17.5 Å².